The van der Waals surface area contributed by atoms with E-state index in [9.17, 15) is 18.0 Å². The van der Waals surface area contributed by atoms with Crippen LogP contribution in [0.3, 0.4) is 0 Å². The lowest BCUT2D eigenvalue weighted by molar-refractivity contribution is -0.142. The van der Waals surface area contributed by atoms with Gasteiger partial charge < -0.3 is 24.4 Å². The minimum absolute atomic E-state index is 0.136. The minimum Gasteiger partial charge on any atom is -0.497 e. The summed E-state index contributed by atoms with van der Waals surface area (Å²) in [5.41, 5.74) is 3.78. The molecule has 1 N–H and O–H groups in total. The highest BCUT2D eigenvalue weighted by Crippen LogP contribution is 2.22. The first-order valence-electron chi connectivity index (χ1n) is 15.8. The van der Waals surface area contributed by atoms with E-state index in [1.54, 1.807) is 7.11 Å². The summed E-state index contributed by atoms with van der Waals surface area (Å²) >= 11 is 0. The average Bonchev–Trinajstić information content (AvgIpc) is 3.13. The van der Waals surface area contributed by atoms with Gasteiger partial charge in [-0.1, -0.05) is 72.3 Å². The number of hydrogen-bond donors (Lipinski definition) is 1. The summed E-state index contributed by atoms with van der Waals surface area (Å²) in [5, 5.41) is 3.04. The molecule has 0 radical (unpaired) electrons. The molecule has 1 saturated heterocycles. The maximum absolute atomic E-state index is 14.0. The molecule has 1 unspecified atom stereocenters. The van der Waals surface area contributed by atoms with Crippen LogP contribution < -0.4 is 14.8 Å². The Morgan fingerprint density at radius 2 is 1.46 bits per heavy atom. The van der Waals surface area contributed by atoms with E-state index in [2.05, 4.69) is 5.32 Å². The van der Waals surface area contributed by atoms with Gasteiger partial charge in [0.05, 0.1) is 25.2 Å². The van der Waals surface area contributed by atoms with Crippen molar-refractivity contribution in [3.05, 3.63) is 125 Å². The lowest BCUT2D eigenvalue weighted by Gasteiger charge is -2.31. The van der Waals surface area contributed by atoms with Gasteiger partial charge in [0.15, 0.2) is 6.61 Å². The SMILES string of the molecule is COc1ccc(CN(C(=O)COc2ccc(S(=O)(=O)N3CCOCC3)cc2)C(Cc2ccccc2)C(=O)NCc2ccc(C)cc2)cc1. The lowest BCUT2D eigenvalue weighted by Crippen LogP contribution is -2.51. The third-order valence-electron chi connectivity index (χ3n) is 8.16. The summed E-state index contributed by atoms with van der Waals surface area (Å²) in [6, 6.07) is 30.0. The summed E-state index contributed by atoms with van der Waals surface area (Å²) < 4.78 is 43.9. The van der Waals surface area contributed by atoms with Crippen molar-refractivity contribution in [1.29, 1.82) is 0 Å². The number of morpholine rings is 1. The molecule has 5 rings (SSSR count). The maximum atomic E-state index is 14.0. The molecule has 11 heteroatoms. The summed E-state index contributed by atoms with van der Waals surface area (Å²) in [6.45, 7) is 3.40. The van der Waals surface area contributed by atoms with E-state index in [0.29, 0.717) is 44.3 Å². The number of nitrogens with zero attached hydrogens (tertiary/aromatic N) is 2. The van der Waals surface area contributed by atoms with Crippen LogP contribution in [0.2, 0.25) is 0 Å². The van der Waals surface area contributed by atoms with E-state index in [4.69, 9.17) is 14.2 Å². The van der Waals surface area contributed by atoms with Crippen molar-refractivity contribution in [2.75, 3.05) is 40.0 Å². The fourth-order valence-electron chi connectivity index (χ4n) is 5.37. The second kappa shape index (κ2) is 16.4. The predicted molar refractivity (Wildman–Crippen MR) is 182 cm³/mol. The van der Waals surface area contributed by atoms with Crippen molar-refractivity contribution >= 4 is 21.8 Å². The van der Waals surface area contributed by atoms with Crippen molar-refractivity contribution in [3.8, 4) is 11.5 Å². The van der Waals surface area contributed by atoms with Crippen LogP contribution in [0.5, 0.6) is 11.5 Å². The first-order valence-corrected chi connectivity index (χ1v) is 17.3. The van der Waals surface area contributed by atoms with Crippen LogP contribution in [0.25, 0.3) is 0 Å². The molecule has 1 heterocycles. The summed E-state index contributed by atoms with van der Waals surface area (Å²) in [6.07, 6.45) is 0.288. The van der Waals surface area contributed by atoms with Crippen LogP contribution in [0.1, 0.15) is 22.3 Å². The van der Waals surface area contributed by atoms with Crippen LogP contribution in [-0.2, 0) is 43.9 Å². The Hall–Kier alpha value is -4.71. The average molecular weight is 672 g/mol. The number of carbonyl (C=O) groups excluding carboxylic acids is 2. The van der Waals surface area contributed by atoms with Crippen LogP contribution in [0.4, 0.5) is 0 Å². The highest BCUT2D eigenvalue weighted by atomic mass is 32.2. The molecular weight excluding hydrogens is 630 g/mol. The van der Waals surface area contributed by atoms with Crippen molar-refractivity contribution in [3.63, 3.8) is 0 Å². The minimum atomic E-state index is -3.67. The molecular formula is C37H41N3O7S. The van der Waals surface area contributed by atoms with Crippen LogP contribution >= 0.6 is 0 Å². The highest BCUT2D eigenvalue weighted by Gasteiger charge is 2.31. The van der Waals surface area contributed by atoms with Gasteiger partial charge in [0.25, 0.3) is 5.91 Å². The molecule has 1 aliphatic heterocycles. The van der Waals surface area contributed by atoms with Gasteiger partial charge in [0, 0.05) is 32.6 Å². The molecule has 10 nitrogen and oxygen atoms in total. The van der Waals surface area contributed by atoms with Crippen molar-refractivity contribution < 1.29 is 32.2 Å². The van der Waals surface area contributed by atoms with E-state index in [-0.39, 0.29) is 30.4 Å². The van der Waals surface area contributed by atoms with E-state index < -0.39 is 22.0 Å². The molecule has 0 spiro atoms. The monoisotopic (exact) mass is 671 g/mol. The number of amides is 2. The van der Waals surface area contributed by atoms with Crippen LogP contribution in [0.15, 0.2) is 108 Å². The number of benzene rings is 4. The number of carbonyl (C=O) groups is 2. The van der Waals surface area contributed by atoms with Gasteiger partial charge in [-0.15, -0.1) is 0 Å². The summed E-state index contributed by atoms with van der Waals surface area (Å²) in [5.74, 6) is 0.314. The molecule has 0 bridgehead atoms. The zero-order valence-electron chi connectivity index (χ0n) is 27.2. The Labute approximate surface area is 282 Å². The Morgan fingerprint density at radius 3 is 2.10 bits per heavy atom. The predicted octanol–water partition coefficient (Wildman–Crippen LogP) is 4.36. The molecule has 0 aliphatic carbocycles. The fraction of sp³-hybridized carbons (Fsp3) is 0.297. The van der Waals surface area contributed by atoms with E-state index in [1.165, 1.54) is 33.5 Å². The third kappa shape index (κ3) is 9.21. The molecule has 1 fully saturated rings. The van der Waals surface area contributed by atoms with E-state index >= 15 is 0 Å². The molecule has 4 aromatic rings. The zero-order valence-corrected chi connectivity index (χ0v) is 28.0. The Morgan fingerprint density at radius 1 is 0.833 bits per heavy atom. The Bertz CT molecular complexity index is 1740. The fourth-order valence-corrected chi connectivity index (χ4v) is 6.77. The van der Waals surface area contributed by atoms with Gasteiger partial charge in [0.1, 0.15) is 17.5 Å². The zero-order chi connectivity index (χ0) is 33.9. The van der Waals surface area contributed by atoms with Gasteiger partial charge in [-0.3, -0.25) is 9.59 Å². The topological polar surface area (TPSA) is 114 Å². The van der Waals surface area contributed by atoms with Crippen LogP contribution in [0, 0.1) is 6.92 Å². The van der Waals surface area contributed by atoms with Gasteiger partial charge in [-0.2, -0.15) is 4.31 Å². The molecule has 252 valence electrons. The Balaban J connectivity index is 1.36. The first-order chi connectivity index (χ1) is 23.2. The number of sulfonamides is 1. The number of aryl methyl sites for hydroxylation is 1. The highest BCUT2D eigenvalue weighted by molar-refractivity contribution is 7.89. The number of nitrogens with one attached hydrogen (secondary N) is 1. The normalized spacial score (nSPS) is 14.1. The number of hydrogen-bond acceptors (Lipinski definition) is 7. The van der Waals surface area contributed by atoms with Crippen molar-refractivity contribution in [2.45, 2.75) is 37.4 Å². The van der Waals surface area contributed by atoms with Crippen LogP contribution in [-0.4, -0.2) is 75.5 Å². The second-order valence-electron chi connectivity index (χ2n) is 11.6. The Kier molecular flexibility index (Phi) is 11.8. The van der Waals surface area contributed by atoms with Gasteiger partial charge in [-0.05, 0) is 60.0 Å². The number of rotatable bonds is 14. The molecule has 4 aromatic carbocycles. The van der Waals surface area contributed by atoms with Gasteiger partial charge in [0.2, 0.25) is 15.9 Å². The third-order valence-corrected chi connectivity index (χ3v) is 10.1. The second-order valence-corrected chi connectivity index (χ2v) is 13.5. The quantitative estimate of drug-likeness (QED) is 0.212. The van der Waals surface area contributed by atoms with Crippen molar-refractivity contribution in [2.24, 2.45) is 0 Å². The molecule has 0 saturated carbocycles. The molecule has 2 amide bonds. The summed E-state index contributed by atoms with van der Waals surface area (Å²) in [4.78, 5) is 29.6. The number of ether oxygens (including phenoxy) is 3. The lowest BCUT2D eigenvalue weighted by atomic mass is 10.0. The first kappa shape index (κ1) is 34.6. The van der Waals surface area contributed by atoms with Gasteiger partial charge in [-0.25, -0.2) is 8.42 Å². The van der Waals surface area contributed by atoms with E-state index in [1.807, 2.05) is 85.8 Å². The molecule has 48 heavy (non-hydrogen) atoms. The maximum Gasteiger partial charge on any atom is 0.261 e. The smallest absolute Gasteiger partial charge is 0.261 e. The molecule has 0 aromatic heterocycles. The molecule has 1 aliphatic rings. The van der Waals surface area contributed by atoms with E-state index in [0.717, 1.165) is 22.3 Å². The summed E-state index contributed by atoms with van der Waals surface area (Å²) in [7, 11) is -2.09. The van der Waals surface area contributed by atoms with Gasteiger partial charge >= 0.3 is 0 Å². The number of methoxy groups -OCH3 is 1. The largest absolute Gasteiger partial charge is 0.497 e. The molecule has 1 atom stereocenters. The standard InChI is InChI=1S/C37H41N3O7S/c1-28-8-10-30(11-9-28)25-38-37(42)35(24-29-6-4-3-5-7-29)40(26-31-12-14-32(45-2)15-13-31)36(41)27-47-33-16-18-34(19-17-33)48(43,44)39-20-22-46-23-21-39/h3-19,35H,20-27H2,1-2H3,(H,38,42). The van der Waals surface area contributed by atoms with Crippen molar-refractivity contribution in [1.82, 2.24) is 14.5 Å².